The van der Waals surface area contributed by atoms with Gasteiger partial charge in [-0.05, 0) is 25.0 Å². The zero-order chi connectivity index (χ0) is 11.8. The Balaban J connectivity index is 1.91. The molecule has 2 atom stereocenters. The first-order valence-electron chi connectivity index (χ1n) is 6.06. The molecule has 1 aliphatic carbocycles. The van der Waals surface area contributed by atoms with Crippen molar-refractivity contribution >= 4 is 11.6 Å². The zero-order valence-corrected chi connectivity index (χ0v) is 9.52. The third-order valence-electron chi connectivity index (χ3n) is 3.75. The number of fused-ring (bicyclic) bond motifs is 1. The molecule has 0 radical (unpaired) electrons. The van der Waals surface area contributed by atoms with Gasteiger partial charge < -0.3 is 4.74 Å². The van der Waals surface area contributed by atoms with Crippen LogP contribution in [-0.4, -0.2) is 18.2 Å². The molecule has 0 amide bonds. The first-order chi connectivity index (χ1) is 8.27. The van der Waals surface area contributed by atoms with Crippen LogP contribution in [0.25, 0.3) is 0 Å². The second kappa shape index (κ2) is 3.99. The van der Waals surface area contributed by atoms with E-state index in [9.17, 15) is 9.59 Å². The lowest BCUT2D eigenvalue weighted by molar-refractivity contribution is -0.122. The number of benzene rings is 1. The van der Waals surface area contributed by atoms with E-state index < -0.39 is 0 Å². The molecule has 0 N–H and O–H groups in total. The van der Waals surface area contributed by atoms with E-state index in [0.29, 0.717) is 24.3 Å². The average Bonchev–Trinajstić information content (AvgIpc) is 2.76. The van der Waals surface area contributed by atoms with Crippen LogP contribution in [0.4, 0.5) is 0 Å². The molecule has 1 aliphatic heterocycles. The molecule has 3 heteroatoms. The number of carbonyl (C=O) groups is 2. The van der Waals surface area contributed by atoms with Gasteiger partial charge in [-0.2, -0.15) is 0 Å². The Morgan fingerprint density at radius 2 is 1.94 bits per heavy atom. The Morgan fingerprint density at radius 3 is 2.71 bits per heavy atom. The number of carbonyl (C=O) groups excluding carboxylic acids is 2. The molecule has 1 aromatic carbocycles. The van der Waals surface area contributed by atoms with Crippen molar-refractivity contribution in [2.75, 3.05) is 6.61 Å². The first-order valence-corrected chi connectivity index (χ1v) is 6.06. The molecule has 88 valence electrons. The Labute approximate surface area is 99.8 Å². The number of hydrogen-bond acceptors (Lipinski definition) is 3. The van der Waals surface area contributed by atoms with E-state index in [1.807, 2.05) is 12.1 Å². The Kier molecular flexibility index (Phi) is 2.46. The summed E-state index contributed by atoms with van der Waals surface area (Å²) in [6, 6.07) is 7.27. The van der Waals surface area contributed by atoms with Crippen LogP contribution in [0.5, 0.6) is 5.75 Å². The fourth-order valence-corrected chi connectivity index (χ4v) is 2.82. The molecule has 0 unspecified atom stereocenters. The lowest BCUT2D eigenvalue weighted by Crippen LogP contribution is -2.35. The van der Waals surface area contributed by atoms with Crippen LogP contribution >= 0.6 is 0 Å². The number of ether oxygens (including phenoxy) is 1. The van der Waals surface area contributed by atoms with Gasteiger partial charge in [0.25, 0.3) is 0 Å². The summed E-state index contributed by atoms with van der Waals surface area (Å²) in [5, 5.41) is 0. The van der Waals surface area contributed by atoms with Crippen LogP contribution in [0, 0.1) is 11.8 Å². The highest BCUT2D eigenvalue weighted by molar-refractivity contribution is 6.03. The Morgan fingerprint density at radius 1 is 1.12 bits per heavy atom. The van der Waals surface area contributed by atoms with Gasteiger partial charge in [-0.1, -0.05) is 12.1 Å². The van der Waals surface area contributed by atoms with Gasteiger partial charge in [0.15, 0.2) is 5.78 Å². The predicted molar refractivity (Wildman–Crippen MR) is 62.1 cm³/mol. The SMILES string of the molecule is O=C1CCC[C@H]1[C@H]1COc2ccccc2C1=O. The third kappa shape index (κ3) is 1.66. The van der Waals surface area contributed by atoms with Crippen molar-refractivity contribution in [3.05, 3.63) is 29.8 Å². The summed E-state index contributed by atoms with van der Waals surface area (Å²) < 4.78 is 5.59. The van der Waals surface area contributed by atoms with E-state index in [-0.39, 0.29) is 23.4 Å². The average molecular weight is 230 g/mol. The zero-order valence-electron chi connectivity index (χ0n) is 9.52. The summed E-state index contributed by atoms with van der Waals surface area (Å²) in [4.78, 5) is 24.0. The van der Waals surface area contributed by atoms with Gasteiger partial charge >= 0.3 is 0 Å². The summed E-state index contributed by atoms with van der Waals surface area (Å²) in [5.74, 6) is 0.577. The first kappa shape index (κ1) is 10.5. The molecular formula is C14H14O3. The van der Waals surface area contributed by atoms with Crippen LogP contribution in [0.2, 0.25) is 0 Å². The largest absolute Gasteiger partial charge is 0.492 e. The van der Waals surface area contributed by atoms with Gasteiger partial charge in [0.1, 0.15) is 11.5 Å². The van der Waals surface area contributed by atoms with Crippen molar-refractivity contribution in [2.45, 2.75) is 19.3 Å². The normalized spacial score (nSPS) is 27.8. The standard InChI is InChI=1S/C14H14O3/c15-12-6-3-5-9(12)11-8-17-13-7-2-1-4-10(13)14(11)16/h1-2,4,7,9,11H,3,5-6,8H2/t9-,11+/m0/s1. The number of hydrogen-bond donors (Lipinski definition) is 0. The molecule has 3 nitrogen and oxygen atoms in total. The maximum absolute atomic E-state index is 12.3. The maximum atomic E-state index is 12.3. The lowest BCUT2D eigenvalue weighted by atomic mass is 9.83. The highest BCUT2D eigenvalue weighted by Gasteiger charge is 2.40. The van der Waals surface area contributed by atoms with E-state index in [1.54, 1.807) is 12.1 Å². The Bertz CT molecular complexity index is 478. The van der Waals surface area contributed by atoms with Gasteiger partial charge in [-0.15, -0.1) is 0 Å². The van der Waals surface area contributed by atoms with Crippen molar-refractivity contribution in [1.82, 2.24) is 0 Å². The van der Waals surface area contributed by atoms with Crippen molar-refractivity contribution in [2.24, 2.45) is 11.8 Å². The fraction of sp³-hybridized carbons (Fsp3) is 0.429. The summed E-state index contributed by atoms with van der Waals surface area (Å²) in [7, 11) is 0. The second-order valence-corrected chi connectivity index (χ2v) is 4.74. The number of Topliss-reactive ketones (excluding diaryl/α,β-unsaturated/α-hetero) is 2. The van der Waals surface area contributed by atoms with Crippen molar-refractivity contribution in [1.29, 1.82) is 0 Å². The van der Waals surface area contributed by atoms with Crippen LogP contribution in [0.3, 0.4) is 0 Å². The highest BCUT2D eigenvalue weighted by Crippen LogP contribution is 2.35. The highest BCUT2D eigenvalue weighted by atomic mass is 16.5. The quantitative estimate of drug-likeness (QED) is 0.743. The molecule has 3 rings (SSSR count). The summed E-state index contributed by atoms with van der Waals surface area (Å²) in [5.41, 5.74) is 0.628. The molecule has 17 heavy (non-hydrogen) atoms. The number of ketones is 2. The van der Waals surface area contributed by atoms with E-state index in [0.717, 1.165) is 12.8 Å². The molecule has 2 aliphatic rings. The molecule has 1 fully saturated rings. The van der Waals surface area contributed by atoms with Crippen LogP contribution in [0.15, 0.2) is 24.3 Å². The smallest absolute Gasteiger partial charge is 0.173 e. The van der Waals surface area contributed by atoms with Gasteiger partial charge in [0.2, 0.25) is 0 Å². The third-order valence-corrected chi connectivity index (χ3v) is 3.75. The second-order valence-electron chi connectivity index (χ2n) is 4.74. The monoisotopic (exact) mass is 230 g/mol. The molecule has 0 bridgehead atoms. The molecule has 0 spiro atoms. The van der Waals surface area contributed by atoms with Crippen molar-refractivity contribution < 1.29 is 14.3 Å². The topological polar surface area (TPSA) is 43.4 Å². The summed E-state index contributed by atoms with van der Waals surface area (Å²) in [6.45, 7) is 0.353. The molecule has 1 heterocycles. The molecule has 1 aromatic rings. The van der Waals surface area contributed by atoms with Crippen LogP contribution < -0.4 is 4.74 Å². The minimum absolute atomic E-state index is 0.0760. The summed E-state index contributed by atoms with van der Waals surface area (Å²) >= 11 is 0. The lowest BCUT2D eigenvalue weighted by Gasteiger charge is -2.27. The maximum Gasteiger partial charge on any atom is 0.173 e. The predicted octanol–water partition coefficient (Wildman–Crippen LogP) is 2.25. The van der Waals surface area contributed by atoms with Crippen molar-refractivity contribution in [3.8, 4) is 5.75 Å². The minimum atomic E-state index is -0.264. The van der Waals surface area contributed by atoms with E-state index in [1.165, 1.54) is 0 Å². The van der Waals surface area contributed by atoms with Crippen LogP contribution in [0.1, 0.15) is 29.6 Å². The molecule has 0 aromatic heterocycles. The van der Waals surface area contributed by atoms with Gasteiger partial charge in [-0.25, -0.2) is 0 Å². The van der Waals surface area contributed by atoms with E-state index in [2.05, 4.69) is 0 Å². The van der Waals surface area contributed by atoms with Crippen LogP contribution in [-0.2, 0) is 4.79 Å². The van der Waals surface area contributed by atoms with E-state index in [4.69, 9.17) is 4.74 Å². The van der Waals surface area contributed by atoms with E-state index >= 15 is 0 Å². The van der Waals surface area contributed by atoms with Crippen molar-refractivity contribution in [3.63, 3.8) is 0 Å². The molecule has 0 saturated heterocycles. The number of para-hydroxylation sites is 1. The molecular weight excluding hydrogens is 216 g/mol. The van der Waals surface area contributed by atoms with Gasteiger partial charge in [0, 0.05) is 12.3 Å². The minimum Gasteiger partial charge on any atom is -0.492 e. The molecule has 1 saturated carbocycles. The summed E-state index contributed by atoms with van der Waals surface area (Å²) in [6.07, 6.45) is 2.37. The van der Waals surface area contributed by atoms with Gasteiger partial charge in [0.05, 0.1) is 18.1 Å². The fourth-order valence-electron chi connectivity index (χ4n) is 2.82. The number of rotatable bonds is 1. The Hall–Kier alpha value is -1.64. The van der Waals surface area contributed by atoms with Gasteiger partial charge in [-0.3, -0.25) is 9.59 Å².